The summed E-state index contributed by atoms with van der Waals surface area (Å²) in [5.74, 6) is -4.82. The maximum atomic E-state index is 14.5. The number of hydrogen-bond acceptors (Lipinski definition) is 11. The van der Waals surface area contributed by atoms with E-state index < -0.39 is 84.0 Å². The number of anilines is 1. The molecule has 16 nitrogen and oxygen atoms in total. The second-order valence-corrected chi connectivity index (χ2v) is 19.7. The van der Waals surface area contributed by atoms with Gasteiger partial charge in [0.1, 0.15) is 6.04 Å². The smallest absolute Gasteiger partial charge is 0.471 e. The molecule has 1 saturated heterocycles. The lowest BCUT2D eigenvalue weighted by Gasteiger charge is -2.41. The quantitative estimate of drug-likeness (QED) is 0.109. The minimum absolute atomic E-state index is 0.0216. The van der Waals surface area contributed by atoms with E-state index in [9.17, 15) is 45.9 Å². The summed E-state index contributed by atoms with van der Waals surface area (Å²) in [5, 5.41) is 8.02. The van der Waals surface area contributed by atoms with Crippen LogP contribution in [0.2, 0.25) is 0 Å². The van der Waals surface area contributed by atoms with Gasteiger partial charge < -0.3 is 44.7 Å². The van der Waals surface area contributed by atoms with Gasteiger partial charge in [-0.3, -0.25) is 28.2 Å². The summed E-state index contributed by atoms with van der Waals surface area (Å²) in [6, 6.07) is 10.8. The maximum absolute atomic E-state index is 14.5. The Kier molecular flexibility index (Phi) is 23.2. The van der Waals surface area contributed by atoms with Gasteiger partial charge in [-0.25, -0.2) is 4.31 Å². The molecule has 1 fully saturated rings. The molecule has 1 unspecified atom stereocenters. The number of ether oxygens (including phenoxy) is 2. The molecule has 2 aromatic carbocycles. The average Bonchev–Trinajstić information content (AvgIpc) is 3.78. The van der Waals surface area contributed by atoms with Crippen molar-refractivity contribution in [1.82, 2.24) is 30.7 Å². The lowest BCUT2D eigenvalue weighted by molar-refractivity contribution is -0.173. The van der Waals surface area contributed by atoms with Gasteiger partial charge in [0, 0.05) is 53.4 Å². The monoisotopic (exact) mass is 995 g/mol. The highest BCUT2D eigenvalue weighted by molar-refractivity contribution is 7.81. The van der Waals surface area contributed by atoms with E-state index in [1.807, 2.05) is 41.8 Å². The van der Waals surface area contributed by atoms with E-state index in [-0.39, 0.29) is 53.8 Å². The zero-order valence-corrected chi connectivity index (χ0v) is 43.0. The van der Waals surface area contributed by atoms with Gasteiger partial charge in [0.05, 0.1) is 59.6 Å². The summed E-state index contributed by atoms with van der Waals surface area (Å²) in [7, 11) is 8.79. The van der Waals surface area contributed by atoms with E-state index in [1.165, 1.54) is 38.5 Å². The van der Waals surface area contributed by atoms with Crippen molar-refractivity contribution in [2.75, 3.05) is 52.8 Å². The Hall–Kier alpha value is -4.47. The van der Waals surface area contributed by atoms with Crippen molar-refractivity contribution in [2.45, 2.75) is 136 Å². The normalized spacial score (nSPS) is 18.2. The summed E-state index contributed by atoms with van der Waals surface area (Å²) in [6.07, 6.45) is -4.95. The van der Waals surface area contributed by atoms with Gasteiger partial charge in [0.15, 0.2) is 0 Å². The highest BCUT2D eigenvalue weighted by Gasteiger charge is 2.44. The van der Waals surface area contributed by atoms with Crippen LogP contribution < -0.4 is 20.3 Å². The third kappa shape index (κ3) is 16.3. The van der Waals surface area contributed by atoms with E-state index >= 15 is 0 Å². The standard InChI is InChI=1S/C49H76F3N7O9S/c1-13-32(6)43(57(10)47(63)42(31(4)5)53-29-39(30(2)3)56(8)9)40(67-11)27-41(60)58-25-17-20-38(58)44(68-12)33(7)45(61)55-37(26-34-18-15-14-16-19-34)46(62)59(69(65)66)36-23-21-35(22-24-36)28-54-48(64)49(50,51)52/h14-16,18-19,21-24,30-33,37-40,42-44,53H,13,17,20,25-29H2,1-12H3,(H,54,64)(H,55,61)(H,65,66)/p-1/t32-,33+,37-,38-,39+,40+,42-,43-,44+/m0/s1. The Morgan fingerprint density at radius 3 is 2.01 bits per heavy atom. The third-order valence-electron chi connectivity index (χ3n) is 13.3. The second-order valence-electron chi connectivity index (χ2n) is 18.9. The molecule has 5 amide bonds. The molecule has 0 aromatic heterocycles. The molecule has 388 valence electrons. The molecule has 69 heavy (non-hydrogen) atoms. The van der Waals surface area contributed by atoms with Gasteiger partial charge in [-0.15, -0.1) is 0 Å². The van der Waals surface area contributed by atoms with E-state index in [1.54, 1.807) is 59.4 Å². The van der Waals surface area contributed by atoms with Crippen LogP contribution in [0.1, 0.15) is 85.3 Å². The summed E-state index contributed by atoms with van der Waals surface area (Å²) >= 11 is -3.21. The summed E-state index contributed by atoms with van der Waals surface area (Å²) in [4.78, 5) is 74.2. The summed E-state index contributed by atoms with van der Waals surface area (Å²) in [5.41, 5.74) is 0.636. The number of benzene rings is 2. The van der Waals surface area contributed by atoms with Gasteiger partial charge in [-0.05, 0) is 68.0 Å². The number of alkyl halides is 3. The van der Waals surface area contributed by atoms with Crippen LogP contribution in [0.5, 0.6) is 0 Å². The number of nitrogens with one attached hydrogen (secondary N) is 3. The van der Waals surface area contributed by atoms with Crippen molar-refractivity contribution < 1.29 is 55.4 Å². The minimum atomic E-state index is -5.10. The third-order valence-corrected chi connectivity index (χ3v) is 14.0. The van der Waals surface area contributed by atoms with Crippen molar-refractivity contribution in [3.63, 3.8) is 0 Å². The molecule has 2 aromatic rings. The van der Waals surface area contributed by atoms with Gasteiger partial charge in [-0.1, -0.05) is 97.4 Å². The zero-order chi connectivity index (χ0) is 51.9. The van der Waals surface area contributed by atoms with Gasteiger partial charge in [0.25, 0.3) is 5.91 Å². The molecule has 0 radical (unpaired) electrons. The topological polar surface area (TPSA) is 193 Å². The number of likely N-dealkylation sites (N-methyl/N-ethyl adjacent to an activating group) is 2. The molecule has 3 N–H and O–H groups in total. The first-order valence-corrected chi connectivity index (χ1v) is 24.7. The number of likely N-dealkylation sites (tertiary alicyclic amines) is 1. The van der Waals surface area contributed by atoms with Crippen LogP contribution in [-0.2, 0) is 57.7 Å². The number of hydrogen-bond donors (Lipinski definition) is 3. The van der Waals surface area contributed by atoms with E-state index in [0.29, 0.717) is 48.1 Å². The molecule has 1 aliphatic rings. The number of carbonyl (C=O) groups excluding carboxylic acids is 5. The Morgan fingerprint density at radius 2 is 1.51 bits per heavy atom. The van der Waals surface area contributed by atoms with Crippen molar-refractivity contribution in [1.29, 1.82) is 0 Å². The number of halogens is 3. The van der Waals surface area contributed by atoms with Crippen LogP contribution in [0, 0.1) is 23.7 Å². The van der Waals surface area contributed by atoms with E-state index in [2.05, 4.69) is 29.4 Å². The largest absolute Gasteiger partial charge is 0.755 e. The Balaban J connectivity index is 1.86. The molecule has 20 heteroatoms. The van der Waals surface area contributed by atoms with E-state index in [4.69, 9.17) is 9.47 Å². The van der Waals surface area contributed by atoms with Gasteiger partial charge >= 0.3 is 12.1 Å². The Labute approximate surface area is 409 Å². The lowest BCUT2D eigenvalue weighted by atomic mass is 9.89. The second kappa shape index (κ2) is 27.2. The molecule has 3 rings (SSSR count). The number of rotatable bonds is 26. The number of carbonyl (C=O) groups is 5. The molecule has 0 spiro atoms. The SMILES string of the molecule is CC[C@H](C)[C@@H]([C@@H](CC(=O)N1CCC[C@H]1[C@H](OC)[C@@H](C)C(=O)N[C@@H](Cc1ccccc1)C(=O)N(c1ccc(CNC(=O)C(F)(F)F)cc1)S(=O)[O-])OC)N(C)C(=O)[C@@H](NC[C@H](C(C)C)N(C)C)C(C)C. The van der Waals surface area contributed by atoms with Crippen molar-refractivity contribution in [2.24, 2.45) is 23.7 Å². The first-order valence-electron chi connectivity index (χ1n) is 23.6. The van der Waals surface area contributed by atoms with Gasteiger partial charge in [-0.2, -0.15) is 13.2 Å². The zero-order valence-electron chi connectivity index (χ0n) is 42.2. The highest BCUT2D eigenvalue weighted by atomic mass is 32.2. The Morgan fingerprint density at radius 1 is 0.884 bits per heavy atom. The first kappa shape index (κ1) is 58.8. The molecule has 0 aliphatic carbocycles. The van der Waals surface area contributed by atoms with Crippen molar-refractivity contribution in [3.8, 4) is 0 Å². The molecule has 0 saturated carbocycles. The average molecular weight is 995 g/mol. The fraction of sp³-hybridized carbons (Fsp3) is 0.653. The minimum Gasteiger partial charge on any atom is -0.755 e. The molecule has 1 aliphatic heterocycles. The van der Waals surface area contributed by atoms with Crippen molar-refractivity contribution in [3.05, 3.63) is 65.7 Å². The van der Waals surface area contributed by atoms with Crippen molar-refractivity contribution >= 4 is 46.5 Å². The Bertz CT molecular complexity index is 1990. The predicted octanol–water partition coefficient (Wildman–Crippen LogP) is 4.84. The summed E-state index contributed by atoms with van der Waals surface area (Å²) in [6.45, 7) is 14.5. The molecule has 10 atom stereocenters. The maximum Gasteiger partial charge on any atom is 0.471 e. The van der Waals surface area contributed by atoms with Gasteiger partial charge in [0.2, 0.25) is 17.7 Å². The number of amides is 5. The lowest BCUT2D eigenvalue weighted by Crippen LogP contribution is -2.58. The molecule has 0 bridgehead atoms. The first-order chi connectivity index (χ1) is 32.4. The van der Waals surface area contributed by atoms with Crippen LogP contribution in [0.4, 0.5) is 18.9 Å². The highest BCUT2D eigenvalue weighted by Crippen LogP contribution is 2.30. The van der Waals surface area contributed by atoms with E-state index in [0.717, 1.165) is 0 Å². The predicted molar refractivity (Wildman–Crippen MR) is 258 cm³/mol. The van der Waals surface area contributed by atoms with Crippen LogP contribution in [-0.4, -0.2) is 150 Å². The molecular weight excluding hydrogens is 920 g/mol. The van der Waals surface area contributed by atoms with Crippen LogP contribution in [0.15, 0.2) is 54.6 Å². The fourth-order valence-electron chi connectivity index (χ4n) is 9.21. The number of methoxy groups -OCH3 is 2. The van der Waals surface area contributed by atoms with Crippen LogP contribution in [0.25, 0.3) is 0 Å². The molecular formula is C49H75F3N7O9S-. The molecule has 1 heterocycles. The fourth-order valence-corrected chi connectivity index (χ4v) is 9.78. The van der Waals surface area contributed by atoms with Crippen LogP contribution in [0.3, 0.4) is 0 Å². The summed E-state index contributed by atoms with van der Waals surface area (Å²) < 4.78 is 76.0. The number of nitrogens with zero attached hydrogens (tertiary/aromatic N) is 4. The van der Waals surface area contributed by atoms with Crippen LogP contribution >= 0.6 is 0 Å².